The van der Waals surface area contributed by atoms with E-state index in [1.54, 1.807) is 19.1 Å². The number of benzene rings is 2. The molecule has 0 aliphatic heterocycles. The summed E-state index contributed by atoms with van der Waals surface area (Å²) in [4.78, 5) is 14.7. The van der Waals surface area contributed by atoms with Crippen LogP contribution in [0.3, 0.4) is 0 Å². The number of nitrogens with zero attached hydrogens (tertiary/aromatic N) is 1. The van der Waals surface area contributed by atoms with Gasteiger partial charge in [0, 0.05) is 13.1 Å². The van der Waals surface area contributed by atoms with Gasteiger partial charge >= 0.3 is 5.69 Å². The number of hydrogen-bond donors (Lipinski definition) is 2. The Morgan fingerprint density at radius 1 is 1.23 bits per heavy atom. The summed E-state index contributed by atoms with van der Waals surface area (Å²) in [5.74, 6) is 0.112. The first-order valence-corrected chi connectivity index (χ1v) is 9.32. The van der Waals surface area contributed by atoms with Crippen LogP contribution in [0.5, 0.6) is 5.75 Å². The second kappa shape index (κ2) is 6.93. The van der Waals surface area contributed by atoms with Crippen LogP contribution in [-0.2, 0) is 16.6 Å². The van der Waals surface area contributed by atoms with Crippen LogP contribution in [0.2, 0.25) is 0 Å². The average Bonchev–Trinajstić information content (AvgIpc) is 2.89. The van der Waals surface area contributed by atoms with Crippen LogP contribution in [0.25, 0.3) is 11.0 Å². The van der Waals surface area contributed by atoms with Crippen LogP contribution in [0.15, 0.2) is 46.1 Å². The maximum absolute atomic E-state index is 13.2. The highest BCUT2D eigenvalue weighted by Crippen LogP contribution is 2.20. The molecule has 3 aromatic rings. The number of aryl methyl sites for hydroxylation is 1. The highest BCUT2D eigenvalue weighted by atomic mass is 32.2. The monoisotopic (exact) mass is 379 g/mol. The van der Waals surface area contributed by atoms with Gasteiger partial charge in [-0.05, 0) is 48.9 Å². The molecule has 138 valence electrons. The summed E-state index contributed by atoms with van der Waals surface area (Å²) >= 11 is 0. The van der Waals surface area contributed by atoms with Crippen molar-refractivity contribution < 1.29 is 17.5 Å². The molecule has 3 rings (SSSR count). The van der Waals surface area contributed by atoms with Gasteiger partial charge in [0.15, 0.2) is 0 Å². The van der Waals surface area contributed by atoms with Gasteiger partial charge in [-0.3, -0.25) is 4.57 Å². The third-order valence-electron chi connectivity index (χ3n) is 4.04. The van der Waals surface area contributed by atoms with Crippen molar-refractivity contribution in [3.05, 3.63) is 58.3 Å². The molecule has 0 saturated heterocycles. The molecule has 2 aromatic carbocycles. The fraction of sp³-hybridized carbons (Fsp3) is 0.235. The van der Waals surface area contributed by atoms with E-state index in [0.717, 1.165) is 0 Å². The van der Waals surface area contributed by atoms with E-state index >= 15 is 0 Å². The number of sulfonamides is 1. The molecule has 9 heteroatoms. The third kappa shape index (κ3) is 3.49. The van der Waals surface area contributed by atoms with Crippen molar-refractivity contribution in [2.45, 2.75) is 18.4 Å². The second-order valence-electron chi connectivity index (χ2n) is 5.77. The van der Waals surface area contributed by atoms with Gasteiger partial charge in [-0.25, -0.2) is 22.3 Å². The van der Waals surface area contributed by atoms with Crippen LogP contribution < -0.4 is 15.1 Å². The molecule has 2 N–H and O–H groups in total. The number of imidazole rings is 1. The lowest BCUT2D eigenvalue weighted by molar-refractivity contribution is 0.414. The topological polar surface area (TPSA) is 93.2 Å². The smallest absolute Gasteiger partial charge is 0.326 e. The van der Waals surface area contributed by atoms with Crippen molar-refractivity contribution in [1.29, 1.82) is 0 Å². The number of halogens is 1. The van der Waals surface area contributed by atoms with E-state index in [1.807, 2.05) is 0 Å². The van der Waals surface area contributed by atoms with Crippen molar-refractivity contribution in [2.24, 2.45) is 0 Å². The molecule has 0 aliphatic rings. The van der Waals surface area contributed by atoms with Crippen LogP contribution in [0.1, 0.15) is 5.56 Å². The van der Waals surface area contributed by atoms with Crippen LogP contribution >= 0.6 is 0 Å². The SMILES string of the molecule is COc1ccc(S(=O)(=O)NCCn2c(=O)[nH]c3cc(F)ccc32)c(C)c1. The molecule has 0 unspecified atom stereocenters. The molecule has 0 fully saturated rings. The van der Waals surface area contributed by atoms with Crippen molar-refractivity contribution in [3.8, 4) is 5.75 Å². The molecule has 7 nitrogen and oxygen atoms in total. The summed E-state index contributed by atoms with van der Waals surface area (Å²) in [6.45, 7) is 1.80. The Morgan fingerprint density at radius 2 is 2.00 bits per heavy atom. The van der Waals surface area contributed by atoms with Crippen molar-refractivity contribution in [3.63, 3.8) is 0 Å². The van der Waals surface area contributed by atoms with Crippen LogP contribution in [0, 0.1) is 12.7 Å². The Kier molecular flexibility index (Phi) is 4.84. The Balaban J connectivity index is 1.77. The van der Waals surface area contributed by atoms with E-state index in [4.69, 9.17) is 4.74 Å². The van der Waals surface area contributed by atoms with E-state index in [0.29, 0.717) is 22.3 Å². The first-order valence-electron chi connectivity index (χ1n) is 7.84. The Bertz CT molecular complexity index is 1120. The normalized spacial score (nSPS) is 11.8. The summed E-state index contributed by atoms with van der Waals surface area (Å²) in [6.07, 6.45) is 0. The minimum Gasteiger partial charge on any atom is -0.497 e. The van der Waals surface area contributed by atoms with E-state index in [9.17, 15) is 17.6 Å². The number of aromatic nitrogens is 2. The molecule has 0 spiro atoms. The predicted octanol–water partition coefficient (Wildman–Crippen LogP) is 1.76. The fourth-order valence-electron chi connectivity index (χ4n) is 2.78. The van der Waals surface area contributed by atoms with Crippen molar-refractivity contribution in [1.82, 2.24) is 14.3 Å². The molecular formula is C17H18FN3O4S. The zero-order valence-electron chi connectivity index (χ0n) is 14.2. The molecule has 0 saturated carbocycles. The summed E-state index contributed by atoms with van der Waals surface area (Å²) in [7, 11) is -2.23. The van der Waals surface area contributed by atoms with Gasteiger partial charge < -0.3 is 9.72 Å². The minimum absolute atomic E-state index is 0.0119. The van der Waals surface area contributed by atoms with Gasteiger partial charge in [-0.1, -0.05) is 0 Å². The van der Waals surface area contributed by atoms with Gasteiger partial charge in [0.2, 0.25) is 10.0 Å². The summed E-state index contributed by atoms with van der Waals surface area (Å²) < 4.78 is 47.1. The summed E-state index contributed by atoms with van der Waals surface area (Å²) in [5, 5.41) is 0. The number of ether oxygens (including phenoxy) is 1. The quantitative estimate of drug-likeness (QED) is 0.683. The number of fused-ring (bicyclic) bond motifs is 1. The van der Waals surface area contributed by atoms with Gasteiger partial charge in [-0.2, -0.15) is 0 Å². The van der Waals surface area contributed by atoms with Crippen LogP contribution in [0.4, 0.5) is 4.39 Å². The zero-order valence-corrected chi connectivity index (χ0v) is 15.1. The van der Waals surface area contributed by atoms with E-state index < -0.39 is 21.5 Å². The zero-order chi connectivity index (χ0) is 18.9. The second-order valence-corrected chi connectivity index (χ2v) is 7.51. The molecule has 0 bridgehead atoms. The number of methoxy groups -OCH3 is 1. The van der Waals surface area contributed by atoms with Crippen molar-refractivity contribution in [2.75, 3.05) is 13.7 Å². The fourth-order valence-corrected chi connectivity index (χ4v) is 4.02. The lowest BCUT2D eigenvalue weighted by atomic mass is 10.2. The van der Waals surface area contributed by atoms with E-state index in [1.165, 1.54) is 35.9 Å². The standard InChI is InChI=1S/C17H18FN3O4S/c1-11-9-13(25-2)4-6-16(11)26(23,24)19-7-8-21-15-5-3-12(18)10-14(15)20-17(21)22/h3-6,9-10,19H,7-8H2,1-2H3,(H,20,22). The van der Waals surface area contributed by atoms with Crippen LogP contribution in [-0.4, -0.2) is 31.6 Å². The molecule has 1 heterocycles. The van der Waals surface area contributed by atoms with Gasteiger partial charge in [-0.15, -0.1) is 0 Å². The Morgan fingerprint density at radius 3 is 2.69 bits per heavy atom. The maximum Gasteiger partial charge on any atom is 0.326 e. The maximum atomic E-state index is 13.2. The van der Waals surface area contributed by atoms with E-state index in [2.05, 4.69) is 9.71 Å². The summed E-state index contributed by atoms with van der Waals surface area (Å²) in [6, 6.07) is 8.62. The van der Waals surface area contributed by atoms with Gasteiger partial charge in [0.05, 0.1) is 23.0 Å². The number of aromatic amines is 1. The minimum atomic E-state index is -3.73. The number of nitrogens with one attached hydrogen (secondary N) is 2. The highest BCUT2D eigenvalue weighted by Gasteiger charge is 2.17. The number of hydrogen-bond acceptors (Lipinski definition) is 4. The largest absolute Gasteiger partial charge is 0.497 e. The van der Waals surface area contributed by atoms with E-state index in [-0.39, 0.29) is 18.0 Å². The highest BCUT2D eigenvalue weighted by molar-refractivity contribution is 7.89. The molecule has 26 heavy (non-hydrogen) atoms. The van der Waals surface area contributed by atoms with Gasteiger partial charge in [0.25, 0.3) is 0 Å². The lowest BCUT2D eigenvalue weighted by Crippen LogP contribution is -2.30. The third-order valence-corrected chi connectivity index (χ3v) is 5.66. The molecule has 1 aromatic heterocycles. The Labute approximate surface area is 149 Å². The van der Waals surface area contributed by atoms with Gasteiger partial charge in [0.1, 0.15) is 11.6 Å². The molecule has 0 aliphatic carbocycles. The number of H-pyrrole nitrogens is 1. The molecule has 0 amide bonds. The average molecular weight is 379 g/mol. The molecule has 0 atom stereocenters. The molecule has 0 radical (unpaired) electrons. The number of rotatable bonds is 6. The van der Waals surface area contributed by atoms with Crippen molar-refractivity contribution >= 4 is 21.1 Å². The Hall–Kier alpha value is -2.65. The first kappa shape index (κ1) is 18.2. The molecular weight excluding hydrogens is 361 g/mol. The first-order chi connectivity index (χ1) is 12.3. The predicted molar refractivity (Wildman–Crippen MR) is 95.4 cm³/mol. The summed E-state index contributed by atoms with van der Waals surface area (Å²) in [5.41, 5.74) is 1.00. The lowest BCUT2D eigenvalue weighted by Gasteiger charge is -2.11.